The molecule has 0 aromatic heterocycles. The SMILES string of the molecule is CN(C(=O)OC(C)(C)C)[C@@H]1[C@@H](O)[C@@H](O[C@H]2[C@H](NC(=O)[C@@H](O)CCNC(=O)OC(C)(C)C)C[C@H](NC(=O)OC(C)(C)C)C([C@H]3OC(CNS(=O)(=O)c4ccccc4[N+](=O)[O-])=CC[C@H]3NC(=O)OC(C)(C)C)[C@@H]2O)OC[C@]1(C)O. The lowest BCUT2D eigenvalue weighted by Gasteiger charge is -2.52. The van der Waals surface area contributed by atoms with Gasteiger partial charge in [-0.15, -0.1) is 0 Å². The van der Waals surface area contributed by atoms with Gasteiger partial charge in [-0.25, -0.2) is 32.3 Å². The third-order valence-corrected chi connectivity index (χ3v) is 13.3. The van der Waals surface area contributed by atoms with Gasteiger partial charge in [0.1, 0.15) is 58.2 Å². The topological polar surface area (TPSA) is 372 Å². The van der Waals surface area contributed by atoms with E-state index in [-0.39, 0.29) is 25.1 Å². The largest absolute Gasteiger partial charge is 0.491 e. The van der Waals surface area contributed by atoms with Crippen molar-refractivity contribution in [3.05, 3.63) is 46.2 Å². The minimum Gasteiger partial charge on any atom is -0.491 e. The number of carbonyl (C=O) groups excluding carboxylic acids is 5. The van der Waals surface area contributed by atoms with Crippen molar-refractivity contribution in [3.63, 3.8) is 0 Å². The van der Waals surface area contributed by atoms with Crippen LogP contribution in [0.25, 0.3) is 0 Å². The molecule has 4 rings (SSSR count). The van der Waals surface area contributed by atoms with Gasteiger partial charge in [0.05, 0.1) is 42.3 Å². The summed E-state index contributed by atoms with van der Waals surface area (Å²) in [5, 5.41) is 70.0. The Bertz CT molecular complexity index is 2410. The number of nitro benzene ring substituents is 1. The number of nitrogens with zero attached hydrogens (tertiary/aromatic N) is 2. The van der Waals surface area contributed by atoms with E-state index in [0.717, 1.165) is 17.0 Å². The summed E-state index contributed by atoms with van der Waals surface area (Å²) < 4.78 is 70.2. The summed E-state index contributed by atoms with van der Waals surface area (Å²) in [4.78, 5) is 78.3. The van der Waals surface area contributed by atoms with Crippen LogP contribution in [0.5, 0.6) is 0 Å². The quantitative estimate of drug-likeness (QED) is 0.0652. The molecule has 1 aromatic rings. The summed E-state index contributed by atoms with van der Waals surface area (Å²) in [5.41, 5.74) is -6.64. The van der Waals surface area contributed by atoms with Crippen LogP contribution in [0.2, 0.25) is 0 Å². The molecule has 3 aliphatic rings. The van der Waals surface area contributed by atoms with Gasteiger partial charge in [-0.1, -0.05) is 12.1 Å². The van der Waals surface area contributed by atoms with Crippen molar-refractivity contribution in [1.82, 2.24) is 30.9 Å². The van der Waals surface area contributed by atoms with E-state index in [1.165, 1.54) is 32.2 Å². The number of likely N-dealkylation sites (N-methyl/N-ethyl adjacent to an activating group) is 1. The molecule has 1 saturated carbocycles. The fraction of sp³-hybridized carbons (Fsp3) is 0.735. The van der Waals surface area contributed by atoms with Crippen LogP contribution >= 0.6 is 0 Å². The molecule has 0 radical (unpaired) electrons. The van der Waals surface area contributed by atoms with Crippen molar-refractivity contribution < 1.29 is 90.9 Å². The molecular weight excluding hydrogens is 1040 g/mol. The van der Waals surface area contributed by atoms with Crippen LogP contribution in [0, 0.1) is 16.0 Å². The number of amides is 5. The summed E-state index contributed by atoms with van der Waals surface area (Å²) in [7, 11) is -3.35. The van der Waals surface area contributed by atoms with Crippen LogP contribution in [-0.4, -0.2) is 185 Å². The molecule has 1 unspecified atom stereocenters. The first-order valence-electron chi connectivity index (χ1n) is 25.0. The lowest BCUT2D eigenvalue weighted by Crippen LogP contribution is -2.71. The maximum atomic E-state index is 14.0. The Kier molecular flexibility index (Phi) is 20.8. The van der Waals surface area contributed by atoms with E-state index in [4.69, 9.17) is 33.2 Å². The standard InChI is InChI=1S/C49H79N7O20S/c1-45(2,3)73-41(61)50-22-21-31(57)39(60)52-29-23-28(54-43(63)75-47(7,8)9)33(34(58)37(29)72-40-35(59)38(49(13,65)25-70-40)55(14)44(64)76-48(10,11)12)36-27(53-42(62)74-46(4,5)6)20-19-26(71-36)24-51-77(68,69)32-18-16-15-17-30(32)56(66)67/h15-19,27-29,31,33-38,40,51,57-59,65H,20-25H2,1-14H3,(H,50,61)(H,52,60)(H,53,62)(H,54,63)/t27-,28+,29-,31+,33?,34+,35-,36+,37+,38-,40-,49+/m1/s1. The van der Waals surface area contributed by atoms with Crippen LogP contribution in [0.15, 0.2) is 41.0 Å². The Balaban J connectivity index is 1.84. The lowest BCUT2D eigenvalue weighted by atomic mass is 9.72. The van der Waals surface area contributed by atoms with E-state index in [1.54, 1.807) is 83.1 Å². The number of nitro groups is 1. The Labute approximate surface area is 448 Å². The summed E-state index contributed by atoms with van der Waals surface area (Å²) >= 11 is 0. The van der Waals surface area contributed by atoms with Gasteiger partial charge in [-0.2, -0.15) is 0 Å². The number of aliphatic hydroxyl groups excluding tert-OH is 3. The van der Waals surface area contributed by atoms with Gasteiger partial charge in [0.15, 0.2) is 11.2 Å². The second-order valence-electron chi connectivity index (χ2n) is 23.4. The third-order valence-electron chi connectivity index (χ3n) is 11.8. The minimum absolute atomic E-state index is 0.111. The molecule has 5 amide bonds. The van der Waals surface area contributed by atoms with Crippen molar-refractivity contribution >= 4 is 46.0 Å². The van der Waals surface area contributed by atoms with E-state index in [2.05, 4.69) is 26.0 Å². The number of carbonyl (C=O) groups is 5. The van der Waals surface area contributed by atoms with Gasteiger partial charge in [-0.3, -0.25) is 14.9 Å². The number of benzene rings is 1. The Morgan fingerprint density at radius 2 is 1.38 bits per heavy atom. The molecule has 1 saturated heterocycles. The Morgan fingerprint density at radius 3 is 1.94 bits per heavy atom. The van der Waals surface area contributed by atoms with Crippen LogP contribution in [0.4, 0.5) is 24.9 Å². The number of hydrogen-bond acceptors (Lipinski definition) is 20. The van der Waals surface area contributed by atoms with E-state index >= 15 is 0 Å². The van der Waals surface area contributed by atoms with E-state index < -0.39 is 170 Å². The number of alkyl carbamates (subject to hydrolysis) is 3. The monoisotopic (exact) mass is 1120 g/mol. The lowest BCUT2D eigenvalue weighted by molar-refractivity contribution is -0.387. The molecule has 436 valence electrons. The van der Waals surface area contributed by atoms with Gasteiger partial charge in [0, 0.05) is 31.6 Å². The normalized spacial score (nSPS) is 27.5. The van der Waals surface area contributed by atoms with Crippen LogP contribution < -0.4 is 26.0 Å². The fourth-order valence-corrected chi connectivity index (χ4v) is 9.97. The summed E-state index contributed by atoms with van der Waals surface area (Å²) in [6, 6.07) is -0.853. The first-order valence-corrected chi connectivity index (χ1v) is 26.5. The second kappa shape index (κ2) is 25.0. The third kappa shape index (κ3) is 18.8. The molecule has 2 heterocycles. The van der Waals surface area contributed by atoms with Crippen molar-refractivity contribution in [1.29, 1.82) is 0 Å². The van der Waals surface area contributed by atoms with Crippen molar-refractivity contribution in [2.45, 2.75) is 203 Å². The number of para-hydroxylation sites is 1. The molecule has 0 spiro atoms. The van der Waals surface area contributed by atoms with Crippen LogP contribution in [-0.2, 0) is 48.0 Å². The molecule has 2 fully saturated rings. The summed E-state index contributed by atoms with van der Waals surface area (Å²) in [5.74, 6) is -2.65. The van der Waals surface area contributed by atoms with E-state index in [0.29, 0.717) is 0 Å². The number of ether oxygens (including phenoxy) is 7. The average Bonchev–Trinajstić information content (AvgIpc) is 3.25. The number of nitrogens with one attached hydrogen (secondary N) is 5. The maximum Gasteiger partial charge on any atom is 0.410 e. The van der Waals surface area contributed by atoms with Gasteiger partial charge >= 0.3 is 24.4 Å². The predicted octanol–water partition coefficient (Wildman–Crippen LogP) is 2.56. The van der Waals surface area contributed by atoms with Crippen LogP contribution in [0.3, 0.4) is 0 Å². The molecule has 9 N–H and O–H groups in total. The molecular formula is C49H79N7O20S. The van der Waals surface area contributed by atoms with E-state index in [9.17, 15) is 62.9 Å². The van der Waals surface area contributed by atoms with Crippen molar-refractivity contribution in [3.8, 4) is 0 Å². The molecule has 77 heavy (non-hydrogen) atoms. The summed E-state index contributed by atoms with van der Waals surface area (Å²) in [6.45, 7) is 19.2. The maximum absolute atomic E-state index is 14.0. The highest BCUT2D eigenvalue weighted by atomic mass is 32.2. The molecule has 1 aliphatic carbocycles. The summed E-state index contributed by atoms with van der Waals surface area (Å²) in [6.07, 6.45) is -14.0. The zero-order valence-corrected chi connectivity index (χ0v) is 46.9. The molecule has 27 nitrogen and oxygen atoms in total. The number of sulfonamides is 1. The first kappa shape index (κ1) is 63.9. The molecule has 2 aliphatic heterocycles. The van der Waals surface area contributed by atoms with Gasteiger partial charge in [0.25, 0.3) is 5.69 Å². The van der Waals surface area contributed by atoms with Crippen LogP contribution in [0.1, 0.15) is 109 Å². The van der Waals surface area contributed by atoms with E-state index in [1.807, 2.05) is 0 Å². The second-order valence-corrected chi connectivity index (χ2v) is 25.1. The highest BCUT2D eigenvalue weighted by Crippen LogP contribution is 2.39. The zero-order chi connectivity index (χ0) is 58.4. The first-order chi connectivity index (χ1) is 35.2. The molecule has 12 atom stereocenters. The van der Waals surface area contributed by atoms with Gasteiger partial charge < -0.3 is 79.8 Å². The van der Waals surface area contributed by atoms with Crippen molar-refractivity contribution in [2.75, 3.05) is 26.7 Å². The number of aliphatic hydroxyl groups is 4. The minimum atomic E-state index is -4.61. The van der Waals surface area contributed by atoms with Gasteiger partial charge in [-0.05, 0) is 121 Å². The zero-order valence-electron chi connectivity index (χ0n) is 46.1. The average molecular weight is 1120 g/mol. The fourth-order valence-electron chi connectivity index (χ4n) is 8.81. The highest BCUT2D eigenvalue weighted by molar-refractivity contribution is 7.89. The Morgan fingerprint density at radius 1 is 0.831 bits per heavy atom. The molecule has 0 bridgehead atoms. The molecule has 28 heteroatoms. The number of rotatable bonds is 16. The predicted molar refractivity (Wildman–Crippen MR) is 272 cm³/mol. The highest BCUT2D eigenvalue weighted by Gasteiger charge is 2.57. The van der Waals surface area contributed by atoms with Crippen molar-refractivity contribution in [2.24, 2.45) is 5.92 Å². The van der Waals surface area contributed by atoms with Gasteiger partial charge in [0.2, 0.25) is 15.9 Å². The smallest absolute Gasteiger partial charge is 0.410 e. The molecule has 1 aromatic carbocycles. The number of hydrogen-bond donors (Lipinski definition) is 9. The Hall–Kier alpha value is -5.62.